The molecule has 0 radical (unpaired) electrons. The molecule has 0 saturated carbocycles. The molecule has 2 aromatic rings. The second-order valence-electron chi connectivity index (χ2n) is 5.47. The van der Waals surface area contributed by atoms with E-state index in [1.807, 2.05) is 0 Å². The Bertz CT molecular complexity index is 817. The number of aromatic nitrogens is 4. The summed E-state index contributed by atoms with van der Waals surface area (Å²) in [4.78, 5) is 41.4. The SMILES string of the molecule is CC(C)CCn1c(SCC(N)=O)nc2c1c(=O)[nH]c(=O)n2C. The number of fused-ring (bicyclic) bond motifs is 1. The van der Waals surface area contributed by atoms with Crippen LogP contribution in [0.2, 0.25) is 0 Å². The summed E-state index contributed by atoms with van der Waals surface area (Å²) < 4.78 is 3.04. The molecule has 22 heavy (non-hydrogen) atoms. The lowest BCUT2D eigenvalue weighted by Crippen LogP contribution is -2.29. The summed E-state index contributed by atoms with van der Waals surface area (Å²) in [7, 11) is 1.54. The highest BCUT2D eigenvalue weighted by Crippen LogP contribution is 2.22. The van der Waals surface area contributed by atoms with E-state index in [2.05, 4.69) is 23.8 Å². The average molecular weight is 325 g/mol. The van der Waals surface area contributed by atoms with Gasteiger partial charge in [-0.05, 0) is 12.3 Å². The number of thioether (sulfide) groups is 1. The first-order chi connectivity index (χ1) is 10.3. The molecule has 2 rings (SSSR count). The summed E-state index contributed by atoms with van der Waals surface area (Å²) in [5, 5.41) is 0.515. The van der Waals surface area contributed by atoms with Crippen molar-refractivity contribution in [2.24, 2.45) is 18.7 Å². The number of rotatable bonds is 6. The van der Waals surface area contributed by atoms with E-state index in [0.29, 0.717) is 28.8 Å². The lowest BCUT2D eigenvalue weighted by molar-refractivity contribution is -0.115. The zero-order valence-electron chi connectivity index (χ0n) is 12.8. The van der Waals surface area contributed by atoms with Gasteiger partial charge in [0.05, 0.1) is 5.75 Å². The van der Waals surface area contributed by atoms with Crippen molar-refractivity contribution in [2.45, 2.75) is 32.0 Å². The number of nitrogens with zero attached hydrogens (tertiary/aromatic N) is 3. The Kier molecular flexibility index (Phi) is 4.74. The molecule has 1 amide bonds. The molecule has 0 fully saturated rings. The van der Waals surface area contributed by atoms with Crippen LogP contribution in [0.3, 0.4) is 0 Å². The van der Waals surface area contributed by atoms with Crippen LogP contribution >= 0.6 is 11.8 Å². The standard InChI is InChI=1S/C13H19N5O3S/c1-7(2)4-5-18-9-10(15-13(18)22-6-8(14)19)17(3)12(21)16-11(9)20/h7H,4-6H2,1-3H3,(H2,14,19)(H,16,20,21). The third-order valence-corrected chi connectivity index (χ3v) is 4.24. The highest BCUT2D eigenvalue weighted by molar-refractivity contribution is 7.99. The zero-order chi connectivity index (χ0) is 16.4. The number of amides is 1. The highest BCUT2D eigenvalue weighted by atomic mass is 32.2. The fraction of sp³-hybridized carbons (Fsp3) is 0.538. The molecule has 0 saturated heterocycles. The first-order valence-corrected chi connectivity index (χ1v) is 7.90. The Labute approximate surface area is 130 Å². The minimum atomic E-state index is -0.516. The Hall–Kier alpha value is -2.03. The molecule has 120 valence electrons. The van der Waals surface area contributed by atoms with Crippen molar-refractivity contribution in [1.29, 1.82) is 0 Å². The summed E-state index contributed by atoms with van der Waals surface area (Å²) in [6.45, 7) is 4.74. The van der Waals surface area contributed by atoms with Crippen LogP contribution < -0.4 is 17.0 Å². The largest absolute Gasteiger partial charge is 0.369 e. The number of nitrogens with two attached hydrogens (primary N) is 1. The van der Waals surface area contributed by atoms with Crippen molar-refractivity contribution in [3.05, 3.63) is 20.8 Å². The quantitative estimate of drug-likeness (QED) is 0.728. The van der Waals surface area contributed by atoms with Gasteiger partial charge in [-0.3, -0.25) is 19.1 Å². The number of hydrogen-bond acceptors (Lipinski definition) is 5. The Morgan fingerprint density at radius 2 is 2.09 bits per heavy atom. The topological polar surface area (TPSA) is 116 Å². The van der Waals surface area contributed by atoms with E-state index in [4.69, 9.17) is 5.73 Å². The molecule has 0 atom stereocenters. The number of aryl methyl sites for hydroxylation is 2. The highest BCUT2D eigenvalue weighted by Gasteiger charge is 2.18. The molecule has 2 heterocycles. The van der Waals surface area contributed by atoms with E-state index < -0.39 is 17.2 Å². The Balaban J connectivity index is 2.61. The van der Waals surface area contributed by atoms with E-state index in [1.54, 1.807) is 11.6 Å². The van der Waals surface area contributed by atoms with Crippen LogP contribution in [0.25, 0.3) is 11.2 Å². The monoisotopic (exact) mass is 325 g/mol. The first-order valence-electron chi connectivity index (χ1n) is 6.92. The summed E-state index contributed by atoms with van der Waals surface area (Å²) in [6.07, 6.45) is 0.845. The molecule has 2 aromatic heterocycles. The van der Waals surface area contributed by atoms with Crippen molar-refractivity contribution >= 4 is 28.8 Å². The summed E-state index contributed by atoms with van der Waals surface area (Å²) in [5.74, 6) is 0.0462. The number of H-pyrrole nitrogens is 1. The van der Waals surface area contributed by atoms with E-state index in [9.17, 15) is 14.4 Å². The van der Waals surface area contributed by atoms with Gasteiger partial charge in [-0.2, -0.15) is 0 Å². The maximum absolute atomic E-state index is 12.1. The van der Waals surface area contributed by atoms with Gasteiger partial charge in [-0.1, -0.05) is 25.6 Å². The molecule has 0 aliphatic heterocycles. The van der Waals surface area contributed by atoms with Crippen molar-refractivity contribution in [3.63, 3.8) is 0 Å². The molecule has 0 aromatic carbocycles. The van der Waals surface area contributed by atoms with Gasteiger partial charge in [-0.15, -0.1) is 0 Å². The number of carbonyl (C=O) groups is 1. The van der Waals surface area contributed by atoms with Crippen LogP contribution in [0, 0.1) is 5.92 Å². The molecule has 9 heteroatoms. The smallest absolute Gasteiger partial charge is 0.329 e. The number of primary amides is 1. The maximum atomic E-state index is 12.1. The predicted octanol–water partition coefficient (Wildman–Crippen LogP) is 0.0468. The number of nitrogens with one attached hydrogen (secondary N) is 1. The van der Waals surface area contributed by atoms with Gasteiger partial charge in [0.15, 0.2) is 16.3 Å². The molecule has 0 aliphatic carbocycles. The second kappa shape index (κ2) is 6.39. The maximum Gasteiger partial charge on any atom is 0.329 e. The fourth-order valence-corrected chi connectivity index (χ4v) is 2.82. The minimum Gasteiger partial charge on any atom is -0.369 e. The summed E-state index contributed by atoms with van der Waals surface area (Å²) in [5.41, 5.74) is 4.83. The molecule has 3 N–H and O–H groups in total. The van der Waals surface area contributed by atoms with Gasteiger partial charge in [0.2, 0.25) is 5.91 Å². The van der Waals surface area contributed by atoms with E-state index >= 15 is 0 Å². The van der Waals surface area contributed by atoms with Crippen molar-refractivity contribution in [2.75, 3.05) is 5.75 Å². The van der Waals surface area contributed by atoms with Crippen LogP contribution in [0.15, 0.2) is 14.7 Å². The van der Waals surface area contributed by atoms with Gasteiger partial charge in [-0.25, -0.2) is 9.78 Å². The van der Waals surface area contributed by atoms with E-state index in [1.165, 1.54) is 4.57 Å². The molecule has 0 bridgehead atoms. The van der Waals surface area contributed by atoms with E-state index in [0.717, 1.165) is 18.2 Å². The number of imidazole rings is 1. The lowest BCUT2D eigenvalue weighted by Gasteiger charge is -2.09. The molecular formula is C13H19N5O3S. The van der Waals surface area contributed by atoms with Crippen LogP contribution in [0.5, 0.6) is 0 Å². The molecular weight excluding hydrogens is 306 g/mol. The van der Waals surface area contributed by atoms with Gasteiger partial charge in [0, 0.05) is 13.6 Å². The normalized spacial score (nSPS) is 11.5. The van der Waals surface area contributed by atoms with Gasteiger partial charge >= 0.3 is 5.69 Å². The average Bonchev–Trinajstić information content (AvgIpc) is 2.79. The van der Waals surface area contributed by atoms with Crippen molar-refractivity contribution in [1.82, 2.24) is 19.1 Å². The first kappa shape index (κ1) is 16.3. The molecule has 0 unspecified atom stereocenters. The van der Waals surface area contributed by atoms with Crippen LogP contribution in [-0.2, 0) is 18.4 Å². The Morgan fingerprint density at radius 1 is 1.41 bits per heavy atom. The Morgan fingerprint density at radius 3 is 2.68 bits per heavy atom. The molecule has 0 spiro atoms. The van der Waals surface area contributed by atoms with Gasteiger partial charge in [0.25, 0.3) is 5.56 Å². The summed E-state index contributed by atoms with van der Waals surface area (Å²) >= 11 is 1.16. The number of hydrogen-bond donors (Lipinski definition) is 2. The van der Waals surface area contributed by atoms with Gasteiger partial charge < -0.3 is 10.3 Å². The lowest BCUT2D eigenvalue weighted by atomic mass is 10.1. The van der Waals surface area contributed by atoms with Crippen LogP contribution in [0.4, 0.5) is 0 Å². The number of aromatic amines is 1. The van der Waals surface area contributed by atoms with Crippen LogP contribution in [0.1, 0.15) is 20.3 Å². The van der Waals surface area contributed by atoms with E-state index in [-0.39, 0.29) is 5.75 Å². The van der Waals surface area contributed by atoms with Gasteiger partial charge in [0.1, 0.15) is 0 Å². The second-order valence-corrected chi connectivity index (χ2v) is 6.42. The third-order valence-electron chi connectivity index (χ3n) is 3.25. The summed E-state index contributed by atoms with van der Waals surface area (Å²) in [6, 6.07) is 0. The number of carbonyl (C=O) groups excluding carboxylic acids is 1. The van der Waals surface area contributed by atoms with Crippen LogP contribution in [-0.4, -0.2) is 30.8 Å². The van der Waals surface area contributed by atoms with Crippen molar-refractivity contribution < 1.29 is 4.79 Å². The zero-order valence-corrected chi connectivity index (χ0v) is 13.6. The third kappa shape index (κ3) is 3.24. The predicted molar refractivity (Wildman–Crippen MR) is 85.0 cm³/mol. The molecule has 8 nitrogen and oxygen atoms in total. The molecule has 0 aliphatic rings. The minimum absolute atomic E-state index is 0.0663. The fourth-order valence-electron chi connectivity index (χ4n) is 2.06. The van der Waals surface area contributed by atoms with Crippen molar-refractivity contribution in [3.8, 4) is 0 Å².